The monoisotopic (exact) mass is 345 g/mol. The van der Waals surface area contributed by atoms with E-state index >= 15 is 0 Å². The van der Waals surface area contributed by atoms with Crippen molar-refractivity contribution in [2.75, 3.05) is 31.3 Å². The zero-order valence-electron chi connectivity index (χ0n) is 13.4. The summed E-state index contributed by atoms with van der Waals surface area (Å²) < 4.78 is 11.1. The van der Waals surface area contributed by atoms with E-state index in [0.717, 1.165) is 10.6 Å². The quantitative estimate of drug-likeness (QED) is 0.815. The summed E-state index contributed by atoms with van der Waals surface area (Å²) in [5.74, 6) is 1.37. The molecule has 1 aliphatic heterocycles. The molecule has 0 unspecified atom stereocenters. The fourth-order valence-electron chi connectivity index (χ4n) is 2.35. The van der Waals surface area contributed by atoms with Gasteiger partial charge in [-0.1, -0.05) is 6.07 Å². The standard InChI is InChI=1S/C17H19N3O3S/c1-24-16-11-15-14(22-8-9-23-15)10-13(16)20-17(21)19-7-5-12-4-2-3-6-18-12/h2-4,6,10-11H,5,7-9H2,1H3,(H2,19,20,21). The van der Waals surface area contributed by atoms with Crippen LogP contribution in [0.1, 0.15) is 5.69 Å². The molecule has 126 valence electrons. The van der Waals surface area contributed by atoms with Gasteiger partial charge in [0.2, 0.25) is 0 Å². The lowest BCUT2D eigenvalue weighted by Crippen LogP contribution is -2.30. The number of hydrogen-bond acceptors (Lipinski definition) is 5. The fraction of sp³-hybridized carbons (Fsp3) is 0.294. The minimum absolute atomic E-state index is 0.252. The number of hydrogen-bond donors (Lipinski definition) is 2. The Balaban J connectivity index is 1.59. The number of carbonyl (C=O) groups excluding carboxylic acids is 1. The zero-order chi connectivity index (χ0) is 16.8. The van der Waals surface area contributed by atoms with Gasteiger partial charge in [0.25, 0.3) is 0 Å². The number of ether oxygens (including phenoxy) is 2. The van der Waals surface area contributed by atoms with Gasteiger partial charge in [0.15, 0.2) is 11.5 Å². The maximum Gasteiger partial charge on any atom is 0.319 e. The van der Waals surface area contributed by atoms with Gasteiger partial charge in [0.1, 0.15) is 13.2 Å². The predicted molar refractivity (Wildman–Crippen MR) is 94.2 cm³/mol. The second kappa shape index (κ2) is 7.92. The van der Waals surface area contributed by atoms with Crippen molar-refractivity contribution >= 4 is 23.5 Å². The normalized spacial score (nSPS) is 12.5. The summed E-state index contributed by atoms with van der Waals surface area (Å²) in [4.78, 5) is 17.3. The van der Waals surface area contributed by atoms with Crippen LogP contribution >= 0.6 is 11.8 Å². The van der Waals surface area contributed by atoms with E-state index in [2.05, 4.69) is 15.6 Å². The smallest absolute Gasteiger partial charge is 0.319 e. The predicted octanol–water partition coefficient (Wildman–Crippen LogP) is 2.94. The van der Waals surface area contributed by atoms with Crippen molar-refractivity contribution in [1.29, 1.82) is 0 Å². The third-order valence-electron chi connectivity index (χ3n) is 3.51. The van der Waals surface area contributed by atoms with E-state index in [4.69, 9.17) is 9.47 Å². The molecule has 0 saturated heterocycles. The highest BCUT2D eigenvalue weighted by atomic mass is 32.2. The molecular weight excluding hydrogens is 326 g/mol. The van der Waals surface area contributed by atoms with E-state index in [1.165, 1.54) is 0 Å². The van der Waals surface area contributed by atoms with E-state index in [1.54, 1.807) is 24.0 Å². The summed E-state index contributed by atoms with van der Waals surface area (Å²) in [7, 11) is 0. The molecule has 0 atom stereocenters. The first kappa shape index (κ1) is 16.4. The van der Waals surface area contributed by atoms with E-state index < -0.39 is 0 Å². The minimum Gasteiger partial charge on any atom is -0.486 e. The van der Waals surface area contributed by atoms with Gasteiger partial charge in [-0.05, 0) is 24.5 Å². The summed E-state index contributed by atoms with van der Waals surface area (Å²) in [6.07, 6.45) is 4.38. The SMILES string of the molecule is CSc1cc2c(cc1NC(=O)NCCc1ccccn1)OCCO2. The van der Waals surface area contributed by atoms with Crippen LogP contribution in [0.4, 0.5) is 10.5 Å². The van der Waals surface area contributed by atoms with E-state index in [9.17, 15) is 4.79 Å². The number of fused-ring (bicyclic) bond motifs is 1. The van der Waals surface area contributed by atoms with Gasteiger partial charge in [-0.3, -0.25) is 4.98 Å². The zero-order valence-corrected chi connectivity index (χ0v) is 14.2. The van der Waals surface area contributed by atoms with Crippen LogP contribution < -0.4 is 20.1 Å². The molecule has 1 aromatic carbocycles. The summed E-state index contributed by atoms with van der Waals surface area (Å²) >= 11 is 1.54. The third kappa shape index (κ3) is 4.11. The molecule has 0 spiro atoms. The number of thioether (sulfide) groups is 1. The number of nitrogens with zero attached hydrogens (tertiary/aromatic N) is 1. The number of aromatic nitrogens is 1. The van der Waals surface area contributed by atoms with Gasteiger partial charge in [0.05, 0.1) is 5.69 Å². The Bertz CT molecular complexity index is 710. The first-order valence-electron chi connectivity index (χ1n) is 7.68. The Morgan fingerprint density at radius 2 is 2.04 bits per heavy atom. The highest BCUT2D eigenvalue weighted by Gasteiger charge is 2.16. The van der Waals surface area contributed by atoms with Gasteiger partial charge >= 0.3 is 6.03 Å². The number of amides is 2. The van der Waals surface area contributed by atoms with Crippen molar-refractivity contribution in [1.82, 2.24) is 10.3 Å². The van der Waals surface area contributed by atoms with Crippen LogP contribution in [0.2, 0.25) is 0 Å². The summed E-state index contributed by atoms with van der Waals surface area (Å²) in [5.41, 5.74) is 1.66. The number of benzene rings is 1. The van der Waals surface area contributed by atoms with Crippen molar-refractivity contribution in [3.8, 4) is 11.5 Å². The van der Waals surface area contributed by atoms with Crippen molar-refractivity contribution in [3.05, 3.63) is 42.2 Å². The van der Waals surface area contributed by atoms with Crippen LogP contribution in [0.3, 0.4) is 0 Å². The lowest BCUT2D eigenvalue weighted by atomic mass is 10.2. The first-order chi connectivity index (χ1) is 11.8. The largest absolute Gasteiger partial charge is 0.486 e. The molecule has 2 N–H and O–H groups in total. The molecule has 2 amide bonds. The maximum absolute atomic E-state index is 12.1. The molecule has 0 bridgehead atoms. The van der Waals surface area contributed by atoms with Gasteiger partial charge in [-0.2, -0.15) is 0 Å². The maximum atomic E-state index is 12.1. The first-order valence-corrected chi connectivity index (χ1v) is 8.91. The summed E-state index contributed by atoms with van der Waals surface area (Å²) in [6, 6.07) is 9.18. The number of pyridine rings is 1. The Labute approximate surface area is 145 Å². The van der Waals surface area contributed by atoms with Crippen molar-refractivity contribution in [3.63, 3.8) is 0 Å². The third-order valence-corrected chi connectivity index (χ3v) is 4.28. The molecule has 2 heterocycles. The molecule has 0 aliphatic carbocycles. The second-order valence-corrected chi connectivity index (χ2v) is 6.00. The molecule has 3 rings (SSSR count). The van der Waals surface area contributed by atoms with E-state index in [1.807, 2.05) is 30.5 Å². The van der Waals surface area contributed by atoms with Crippen molar-refractivity contribution in [2.45, 2.75) is 11.3 Å². The van der Waals surface area contributed by atoms with Crippen LogP contribution in [0.25, 0.3) is 0 Å². The topological polar surface area (TPSA) is 72.5 Å². The van der Waals surface area contributed by atoms with Gasteiger partial charge in [-0.25, -0.2) is 4.79 Å². The lowest BCUT2D eigenvalue weighted by Gasteiger charge is -2.21. The summed E-state index contributed by atoms with van der Waals surface area (Å²) in [6.45, 7) is 1.57. The van der Waals surface area contributed by atoms with Crippen LogP contribution in [0.15, 0.2) is 41.4 Å². The Morgan fingerprint density at radius 1 is 1.25 bits per heavy atom. The molecule has 0 fully saturated rings. The second-order valence-electron chi connectivity index (χ2n) is 5.15. The number of urea groups is 1. The van der Waals surface area contributed by atoms with Crippen LogP contribution in [-0.4, -0.2) is 37.0 Å². The van der Waals surface area contributed by atoms with Crippen LogP contribution in [0.5, 0.6) is 11.5 Å². The summed E-state index contributed by atoms with van der Waals surface area (Å²) in [5, 5.41) is 5.71. The number of nitrogens with one attached hydrogen (secondary N) is 2. The number of carbonyl (C=O) groups is 1. The molecule has 1 aromatic heterocycles. The fourth-order valence-corrected chi connectivity index (χ4v) is 2.91. The lowest BCUT2D eigenvalue weighted by molar-refractivity contribution is 0.171. The number of anilines is 1. The van der Waals surface area contributed by atoms with Crippen molar-refractivity contribution in [2.24, 2.45) is 0 Å². The molecule has 0 saturated carbocycles. The molecule has 6 nitrogen and oxygen atoms in total. The van der Waals surface area contributed by atoms with E-state index in [-0.39, 0.29) is 6.03 Å². The Kier molecular flexibility index (Phi) is 5.43. The highest BCUT2D eigenvalue weighted by Crippen LogP contribution is 2.39. The molecule has 24 heavy (non-hydrogen) atoms. The van der Waals surface area contributed by atoms with E-state index in [0.29, 0.717) is 43.4 Å². The number of rotatable bonds is 5. The average Bonchev–Trinajstić information content (AvgIpc) is 2.62. The highest BCUT2D eigenvalue weighted by molar-refractivity contribution is 7.98. The molecule has 7 heteroatoms. The van der Waals surface area contributed by atoms with Crippen LogP contribution in [0, 0.1) is 0 Å². The minimum atomic E-state index is -0.252. The van der Waals surface area contributed by atoms with Gasteiger partial charge in [0, 0.05) is 35.8 Å². The van der Waals surface area contributed by atoms with Crippen LogP contribution in [-0.2, 0) is 6.42 Å². The molecular formula is C17H19N3O3S. The van der Waals surface area contributed by atoms with Gasteiger partial charge in [-0.15, -0.1) is 11.8 Å². The average molecular weight is 345 g/mol. The Hall–Kier alpha value is -2.41. The molecule has 1 aliphatic rings. The molecule has 0 radical (unpaired) electrons. The Morgan fingerprint density at radius 3 is 2.75 bits per heavy atom. The molecule has 2 aromatic rings. The van der Waals surface area contributed by atoms with Gasteiger partial charge < -0.3 is 20.1 Å². The van der Waals surface area contributed by atoms with Crippen molar-refractivity contribution < 1.29 is 14.3 Å².